The van der Waals surface area contributed by atoms with Crippen LogP contribution in [0.3, 0.4) is 0 Å². The first-order chi connectivity index (χ1) is 7.67. The number of carbonyl (C=O) groups excluding carboxylic acids is 1. The summed E-state index contributed by atoms with van der Waals surface area (Å²) in [4.78, 5) is 11.9. The number of amides is 1. The van der Waals surface area contributed by atoms with E-state index in [1.54, 1.807) is 0 Å². The summed E-state index contributed by atoms with van der Waals surface area (Å²) in [5, 5.41) is 24.4. The highest BCUT2D eigenvalue weighted by molar-refractivity contribution is 5.79. The highest BCUT2D eigenvalue weighted by atomic mass is 16.3. The van der Waals surface area contributed by atoms with Crippen molar-refractivity contribution in [2.75, 3.05) is 26.3 Å². The monoisotopic (exact) mass is 230 g/mol. The normalized spacial score (nSPS) is 21.8. The Morgan fingerprint density at radius 2 is 2.19 bits per heavy atom. The van der Waals surface area contributed by atoms with E-state index in [0.717, 1.165) is 19.4 Å². The summed E-state index contributed by atoms with van der Waals surface area (Å²) in [6, 6.07) is 0. The lowest BCUT2D eigenvalue weighted by molar-refractivity contribution is -0.129. The molecular formula is C11H22N2O3. The molecule has 1 heterocycles. The Hall–Kier alpha value is -0.650. The van der Waals surface area contributed by atoms with Crippen molar-refractivity contribution in [2.24, 2.45) is 5.92 Å². The molecule has 1 saturated heterocycles. The first-order valence-electron chi connectivity index (χ1n) is 5.92. The smallest absolute Gasteiger partial charge is 0.224 e. The van der Waals surface area contributed by atoms with Gasteiger partial charge in [0.2, 0.25) is 5.91 Å². The molecule has 5 heteroatoms. The van der Waals surface area contributed by atoms with E-state index < -0.39 is 5.54 Å². The molecule has 5 nitrogen and oxygen atoms in total. The minimum absolute atomic E-state index is 0.0437. The molecule has 0 aromatic heterocycles. The van der Waals surface area contributed by atoms with Gasteiger partial charge in [0, 0.05) is 6.54 Å². The van der Waals surface area contributed by atoms with E-state index in [2.05, 4.69) is 10.6 Å². The average Bonchev–Trinajstić information content (AvgIpc) is 2.37. The largest absolute Gasteiger partial charge is 0.394 e. The maximum absolute atomic E-state index is 11.9. The third-order valence-corrected chi connectivity index (χ3v) is 3.34. The molecule has 1 fully saturated rings. The fourth-order valence-corrected chi connectivity index (χ4v) is 1.88. The molecule has 16 heavy (non-hydrogen) atoms. The molecule has 0 bridgehead atoms. The molecule has 0 radical (unpaired) electrons. The Morgan fingerprint density at radius 1 is 1.50 bits per heavy atom. The minimum atomic E-state index is -0.867. The predicted octanol–water partition coefficient (Wildman–Crippen LogP) is -0.764. The van der Waals surface area contributed by atoms with Gasteiger partial charge in [0.1, 0.15) is 0 Å². The fraction of sp³-hybridized carbons (Fsp3) is 0.909. The van der Waals surface area contributed by atoms with Crippen molar-refractivity contribution in [3.8, 4) is 0 Å². The summed E-state index contributed by atoms with van der Waals surface area (Å²) in [5.41, 5.74) is -0.867. The second-order valence-electron chi connectivity index (χ2n) is 4.48. The van der Waals surface area contributed by atoms with Gasteiger partial charge in [0.15, 0.2) is 0 Å². The Balaban J connectivity index is 2.53. The first kappa shape index (κ1) is 13.4. The van der Waals surface area contributed by atoms with Gasteiger partial charge in [0.05, 0.1) is 24.7 Å². The zero-order valence-corrected chi connectivity index (χ0v) is 9.83. The zero-order chi connectivity index (χ0) is 12.0. The lowest BCUT2D eigenvalue weighted by Crippen LogP contribution is -2.56. The van der Waals surface area contributed by atoms with Crippen molar-refractivity contribution in [1.82, 2.24) is 10.6 Å². The average molecular weight is 230 g/mol. The SMILES string of the molecule is CCC(CO)(CO)NC(=O)[C@@H]1CCCNC1. The van der Waals surface area contributed by atoms with Crippen LogP contribution in [0, 0.1) is 5.92 Å². The van der Waals surface area contributed by atoms with Gasteiger partial charge in [-0.05, 0) is 25.8 Å². The van der Waals surface area contributed by atoms with E-state index in [0.29, 0.717) is 13.0 Å². The van der Waals surface area contributed by atoms with Crippen LogP contribution < -0.4 is 10.6 Å². The Labute approximate surface area is 96.2 Å². The zero-order valence-electron chi connectivity index (χ0n) is 9.83. The van der Waals surface area contributed by atoms with Crippen molar-refractivity contribution >= 4 is 5.91 Å². The molecule has 0 aromatic rings. The van der Waals surface area contributed by atoms with Gasteiger partial charge in [0.25, 0.3) is 0 Å². The number of carbonyl (C=O) groups is 1. The van der Waals surface area contributed by atoms with E-state index in [-0.39, 0.29) is 25.0 Å². The van der Waals surface area contributed by atoms with Crippen molar-refractivity contribution in [3.05, 3.63) is 0 Å². The van der Waals surface area contributed by atoms with Crippen LogP contribution in [0.4, 0.5) is 0 Å². The summed E-state index contributed by atoms with van der Waals surface area (Å²) < 4.78 is 0. The molecular weight excluding hydrogens is 208 g/mol. The number of hydrogen-bond acceptors (Lipinski definition) is 4. The molecule has 0 aromatic carbocycles. The maximum atomic E-state index is 11.9. The highest BCUT2D eigenvalue weighted by Crippen LogP contribution is 2.14. The van der Waals surface area contributed by atoms with E-state index in [1.807, 2.05) is 6.92 Å². The van der Waals surface area contributed by atoms with Gasteiger partial charge in [-0.25, -0.2) is 0 Å². The summed E-state index contributed by atoms with van der Waals surface area (Å²) >= 11 is 0. The number of hydrogen-bond donors (Lipinski definition) is 4. The van der Waals surface area contributed by atoms with Crippen LogP contribution in [-0.2, 0) is 4.79 Å². The summed E-state index contributed by atoms with van der Waals surface area (Å²) in [6.45, 7) is 3.02. The Bertz CT molecular complexity index is 215. The molecule has 94 valence electrons. The summed E-state index contributed by atoms with van der Waals surface area (Å²) in [6.07, 6.45) is 2.39. The van der Waals surface area contributed by atoms with E-state index in [4.69, 9.17) is 0 Å². The fourth-order valence-electron chi connectivity index (χ4n) is 1.88. The van der Waals surface area contributed by atoms with Crippen LogP contribution in [0.25, 0.3) is 0 Å². The highest BCUT2D eigenvalue weighted by Gasteiger charge is 2.31. The van der Waals surface area contributed by atoms with Crippen molar-refractivity contribution in [1.29, 1.82) is 0 Å². The molecule has 1 amide bonds. The lowest BCUT2D eigenvalue weighted by atomic mass is 9.94. The van der Waals surface area contributed by atoms with Gasteiger partial charge in [-0.3, -0.25) is 4.79 Å². The Kier molecular flexibility index (Phi) is 5.18. The lowest BCUT2D eigenvalue weighted by Gasteiger charge is -2.32. The number of rotatable bonds is 5. The molecule has 1 aliphatic rings. The molecule has 0 unspecified atom stereocenters. The van der Waals surface area contributed by atoms with Gasteiger partial charge in [-0.1, -0.05) is 6.92 Å². The molecule has 1 atom stereocenters. The van der Waals surface area contributed by atoms with E-state index in [9.17, 15) is 15.0 Å². The summed E-state index contributed by atoms with van der Waals surface area (Å²) in [7, 11) is 0. The van der Waals surface area contributed by atoms with Crippen molar-refractivity contribution in [2.45, 2.75) is 31.7 Å². The van der Waals surface area contributed by atoms with Crippen LogP contribution in [0.15, 0.2) is 0 Å². The van der Waals surface area contributed by atoms with Crippen LogP contribution in [0.2, 0.25) is 0 Å². The molecule has 1 rings (SSSR count). The van der Waals surface area contributed by atoms with Crippen LogP contribution in [0.1, 0.15) is 26.2 Å². The molecule has 0 saturated carbocycles. The molecule has 4 N–H and O–H groups in total. The van der Waals surface area contributed by atoms with Gasteiger partial charge in [-0.15, -0.1) is 0 Å². The standard InChI is InChI=1S/C11H22N2O3/c1-2-11(7-14,8-15)13-10(16)9-4-3-5-12-6-9/h9,12,14-15H,2-8H2,1H3,(H,13,16)/t9-/m1/s1. The van der Waals surface area contributed by atoms with E-state index in [1.165, 1.54) is 0 Å². The van der Waals surface area contributed by atoms with Crippen LogP contribution in [-0.4, -0.2) is 48.0 Å². The summed E-state index contributed by atoms with van der Waals surface area (Å²) in [5.74, 6) is -0.116. The van der Waals surface area contributed by atoms with Crippen molar-refractivity contribution < 1.29 is 15.0 Å². The third-order valence-electron chi connectivity index (χ3n) is 3.34. The number of aliphatic hydroxyl groups is 2. The molecule has 1 aliphatic heterocycles. The van der Waals surface area contributed by atoms with Gasteiger partial charge < -0.3 is 20.8 Å². The quantitative estimate of drug-likeness (QED) is 0.500. The number of aliphatic hydroxyl groups excluding tert-OH is 2. The van der Waals surface area contributed by atoms with Crippen molar-refractivity contribution in [3.63, 3.8) is 0 Å². The molecule has 0 aliphatic carbocycles. The molecule has 0 spiro atoms. The van der Waals surface area contributed by atoms with Gasteiger partial charge in [-0.2, -0.15) is 0 Å². The Morgan fingerprint density at radius 3 is 2.62 bits per heavy atom. The second-order valence-corrected chi connectivity index (χ2v) is 4.48. The number of piperidine rings is 1. The minimum Gasteiger partial charge on any atom is -0.394 e. The first-order valence-corrected chi connectivity index (χ1v) is 5.92. The van der Waals surface area contributed by atoms with Gasteiger partial charge >= 0.3 is 0 Å². The third kappa shape index (κ3) is 3.17. The van der Waals surface area contributed by atoms with Crippen LogP contribution >= 0.6 is 0 Å². The topological polar surface area (TPSA) is 81.6 Å². The second kappa shape index (κ2) is 6.18. The number of nitrogens with one attached hydrogen (secondary N) is 2. The predicted molar refractivity (Wildman–Crippen MR) is 60.9 cm³/mol. The van der Waals surface area contributed by atoms with Crippen LogP contribution in [0.5, 0.6) is 0 Å². The van der Waals surface area contributed by atoms with E-state index >= 15 is 0 Å². The maximum Gasteiger partial charge on any atom is 0.224 e.